The van der Waals surface area contributed by atoms with E-state index in [9.17, 15) is 19.5 Å². The fourth-order valence-electron chi connectivity index (χ4n) is 5.06. The van der Waals surface area contributed by atoms with Crippen molar-refractivity contribution < 1.29 is 33.7 Å². The number of unbranched alkanes of at least 4 members (excludes halogenated alkanes) is 20. The van der Waals surface area contributed by atoms with Gasteiger partial charge in [0.1, 0.15) is 6.61 Å². The van der Waals surface area contributed by atoms with Crippen LogP contribution in [0.25, 0.3) is 0 Å². The molecule has 1 amide bonds. The Morgan fingerprint density at radius 2 is 1.04 bits per heavy atom. The van der Waals surface area contributed by atoms with Gasteiger partial charge in [-0.05, 0) is 33.1 Å². The Bertz CT molecular complexity index is 793. The van der Waals surface area contributed by atoms with E-state index in [0.29, 0.717) is 13.0 Å². The number of hydrogen-bond donors (Lipinski definition) is 2. The second-order valence-corrected chi connectivity index (χ2v) is 15.5. The summed E-state index contributed by atoms with van der Waals surface area (Å²) < 4.78 is 14.0. The lowest BCUT2D eigenvalue weighted by Crippen LogP contribution is -2.44. The van der Waals surface area contributed by atoms with Crippen molar-refractivity contribution in [2.75, 3.05) is 19.8 Å². The number of aliphatic hydroxyl groups is 1. The van der Waals surface area contributed by atoms with Crippen LogP contribution in [-0.4, -0.2) is 58.4 Å². The molecule has 8 nitrogen and oxygen atoms in total. The smallest absolute Gasteiger partial charge is 0.407 e. The van der Waals surface area contributed by atoms with Crippen LogP contribution in [0.4, 0.5) is 4.79 Å². The van der Waals surface area contributed by atoms with Crippen LogP contribution in [0.15, 0.2) is 0 Å². The van der Waals surface area contributed by atoms with E-state index in [-0.39, 0.29) is 31.6 Å². The lowest BCUT2D eigenvalue weighted by Gasteiger charge is -2.31. The van der Waals surface area contributed by atoms with E-state index in [2.05, 4.69) is 12.2 Å². The molecule has 0 aliphatic heterocycles. The van der Waals surface area contributed by atoms with E-state index in [1.165, 1.54) is 64.2 Å². The molecule has 0 aromatic heterocycles. The molecule has 2 N–H and O–H groups in total. The van der Waals surface area contributed by atoms with Crippen LogP contribution in [0.2, 0.25) is 0 Å². The van der Waals surface area contributed by atoms with Crippen LogP contribution in [0.1, 0.15) is 175 Å². The van der Waals surface area contributed by atoms with Gasteiger partial charge < -0.3 is 24.6 Å². The van der Waals surface area contributed by atoms with Crippen molar-refractivity contribution in [1.82, 2.24) is 5.32 Å². The quantitative estimate of drug-likeness (QED) is 0.0316. The van der Waals surface area contributed by atoms with Gasteiger partial charge in [0.25, 0.3) is 0 Å². The first-order valence-corrected chi connectivity index (χ1v) is 19.6. The molecule has 0 heterocycles. The monoisotopic (exact) mass is 729 g/mol. The molecule has 0 aliphatic rings. The zero-order valence-electron chi connectivity index (χ0n) is 29.7. The average molecular weight is 731 g/mol. The molecule has 0 unspecified atom stereocenters. The molecule has 0 saturated carbocycles. The van der Waals surface area contributed by atoms with Crippen LogP contribution in [-0.2, 0) is 23.8 Å². The fourth-order valence-corrected chi connectivity index (χ4v) is 5.18. The molecule has 0 saturated heterocycles. The summed E-state index contributed by atoms with van der Waals surface area (Å²) >= 11 is 17.5. The minimum atomic E-state index is -1.71. The number of hydrogen-bond acceptors (Lipinski definition) is 7. The maximum absolute atomic E-state index is 12.2. The van der Waals surface area contributed by atoms with Crippen LogP contribution in [0, 0.1) is 0 Å². The maximum Gasteiger partial charge on any atom is 0.407 e. The Morgan fingerprint density at radius 3 is 1.47 bits per heavy atom. The number of amides is 1. The van der Waals surface area contributed by atoms with Gasteiger partial charge in [-0.25, -0.2) is 4.79 Å². The summed E-state index contributed by atoms with van der Waals surface area (Å²) in [5.41, 5.74) is -1.23. The van der Waals surface area contributed by atoms with Crippen LogP contribution >= 0.6 is 34.8 Å². The summed E-state index contributed by atoms with van der Waals surface area (Å²) in [5.74, 6) is -0.674. The predicted octanol–water partition coefficient (Wildman–Crippen LogP) is 10.7. The van der Waals surface area contributed by atoms with Gasteiger partial charge in [-0.1, -0.05) is 164 Å². The molecule has 0 radical (unpaired) electrons. The molecule has 0 rings (SSSR count). The molecule has 11 heteroatoms. The summed E-state index contributed by atoms with van der Waals surface area (Å²) in [6, 6.07) is 0. The van der Waals surface area contributed by atoms with Gasteiger partial charge >= 0.3 is 18.0 Å². The molecule has 0 fully saturated rings. The number of carbonyl (C=O) groups is 3. The number of alkyl carbamates (subject to hydrolysis) is 1. The third-order valence-corrected chi connectivity index (χ3v) is 9.64. The van der Waals surface area contributed by atoms with Crippen molar-refractivity contribution in [3.63, 3.8) is 0 Å². The number of alkyl halides is 3. The molecule has 278 valence electrons. The number of esters is 2. The van der Waals surface area contributed by atoms with Gasteiger partial charge in [0.15, 0.2) is 11.7 Å². The van der Waals surface area contributed by atoms with E-state index >= 15 is 0 Å². The topological polar surface area (TPSA) is 111 Å². The predicted molar refractivity (Wildman–Crippen MR) is 193 cm³/mol. The third-order valence-electron chi connectivity index (χ3n) is 8.27. The molecule has 0 aliphatic carbocycles. The average Bonchev–Trinajstić information content (AvgIpc) is 3.01. The van der Waals surface area contributed by atoms with Gasteiger partial charge in [0.2, 0.25) is 3.79 Å². The van der Waals surface area contributed by atoms with Gasteiger partial charge in [-0.2, -0.15) is 0 Å². The summed E-state index contributed by atoms with van der Waals surface area (Å²) in [6.45, 7) is 5.37. The zero-order valence-corrected chi connectivity index (χ0v) is 32.0. The van der Waals surface area contributed by atoms with E-state index in [0.717, 1.165) is 77.0 Å². The number of rotatable bonds is 31. The SMILES string of the molecule is CCCCCCCCCCCCCCCC(=O)OC[C@H](CO)OC(=O)CCCCCCCCCCCNC(=O)OC(C)(C)C(Cl)(Cl)Cl. The van der Waals surface area contributed by atoms with E-state index in [1.807, 2.05) is 0 Å². The van der Waals surface area contributed by atoms with Crippen molar-refractivity contribution in [1.29, 1.82) is 0 Å². The standard InChI is InChI=1S/C36H66Cl3NO7/c1-4-5-6-7-8-9-10-11-12-14-17-20-23-26-32(42)45-30-31(29-41)46-33(43)27-24-21-18-15-13-16-19-22-25-28-40-34(44)47-35(2,3)36(37,38)39/h31,41H,4-30H2,1-3H3,(H,40,44)/t31-/m0/s1. The first-order chi connectivity index (χ1) is 22.4. The minimum Gasteiger partial charge on any atom is -0.462 e. The second-order valence-electron chi connectivity index (χ2n) is 13.2. The molecule has 47 heavy (non-hydrogen) atoms. The number of ether oxygens (including phenoxy) is 3. The maximum atomic E-state index is 12.2. The van der Waals surface area contributed by atoms with Gasteiger partial charge in [-0.3, -0.25) is 9.59 Å². The Balaban J connectivity index is 3.63. The van der Waals surface area contributed by atoms with E-state index < -0.39 is 21.6 Å². The first-order valence-electron chi connectivity index (χ1n) is 18.4. The molecule has 0 bridgehead atoms. The van der Waals surface area contributed by atoms with Gasteiger partial charge in [0.05, 0.1) is 6.61 Å². The highest BCUT2D eigenvalue weighted by atomic mass is 35.6. The highest BCUT2D eigenvalue weighted by Crippen LogP contribution is 2.40. The summed E-state index contributed by atoms with van der Waals surface area (Å²) in [4.78, 5) is 36.1. The Kier molecular flexibility index (Phi) is 29.3. The molecular weight excluding hydrogens is 665 g/mol. The number of nitrogens with one attached hydrogen (secondary N) is 1. The Morgan fingerprint density at radius 1 is 0.638 bits per heavy atom. The highest BCUT2D eigenvalue weighted by molar-refractivity contribution is 6.68. The van der Waals surface area contributed by atoms with Crippen molar-refractivity contribution >= 4 is 52.8 Å². The molecule has 0 aromatic rings. The van der Waals surface area contributed by atoms with Crippen molar-refractivity contribution in [3.05, 3.63) is 0 Å². The normalized spacial score (nSPS) is 12.5. The summed E-state index contributed by atoms with van der Waals surface area (Å²) in [7, 11) is 0. The lowest BCUT2D eigenvalue weighted by molar-refractivity contribution is -0.161. The number of carbonyl (C=O) groups excluding carboxylic acids is 3. The van der Waals surface area contributed by atoms with Gasteiger partial charge in [-0.15, -0.1) is 0 Å². The van der Waals surface area contributed by atoms with Crippen LogP contribution in [0.5, 0.6) is 0 Å². The minimum absolute atomic E-state index is 0.103. The highest BCUT2D eigenvalue weighted by Gasteiger charge is 2.44. The van der Waals surface area contributed by atoms with Crippen molar-refractivity contribution in [3.8, 4) is 0 Å². The second kappa shape index (κ2) is 29.9. The summed E-state index contributed by atoms with van der Waals surface area (Å²) in [6.07, 6.45) is 24.4. The third kappa shape index (κ3) is 28.6. The number of halogens is 3. The summed E-state index contributed by atoms with van der Waals surface area (Å²) in [5, 5.41) is 12.2. The Labute approximate surface area is 301 Å². The van der Waals surface area contributed by atoms with Crippen molar-refractivity contribution in [2.24, 2.45) is 0 Å². The van der Waals surface area contributed by atoms with Crippen LogP contribution in [0.3, 0.4) is 0 Å². The van der Waals surface area contributed by atoms with E-state index in [4.69, 9.17) is 49.0 Å². The molecule has 0 aromatic carbocycles. The van der Waals surface area contributed by atoms with Crippen molar-refractivity contribution in [2.45, 2.75) is 190 Å². The molecular formula is C36H66Cl3NO7. The van der Waals surface area contributed by atoms with Crippen LogP contribution < -0.4 is 5.32 Å². The Hall–Kier alpha value is -0.960. The first kappa shape index (κ1) is 46.0. The lowest BCUT2D eigenvalue weighted by atomic mass is 10.0. The van der Waals surface area contributed by atoms with Gasteiger partial charge in [0, 0.05) is 19.4 Å². The molecule has 1 atom stereocenters. The zero-order chi connectivity index (χ0) is 35.2. The van der Waals surface area contributed by atoms with E-state index in [1.54, 1.807) is 13.8 Å². The fraction of sp³-hybridized carbons (Fsp3) is 0.917. The largest absolute Gasteiger partial charge is 0.462 e. The number of aliphatic hydroxyl groups excluding tert-OH is 1. The molecule has 0 spiro atoms.